The maximum Gasteiger partial charge on any atom is 0.244 e. The zero-order valence-electron chi connectivity index (χ0n) is 14.9. The number of amides is 1. The summed E-state index contributed by atoms with van der Waals surface area (Å²) in [7, 11) is -3.78. The maximum absolute atomic E-state index is 13.0. The van der Waals surface area contributed by atoms with Crippen molar-refractivity contribution >= 4 is 44.8 Å². The van der Waals surface area contributed by atoms with Crippen molar-refractivity contribution < 1.29 is 17.6 Å². The Kier molecular flexibility index (Phi) is 6.72. The molecule has 2 aromatic carbocycles. The molecule has 27 heavy (non-hydrogen) atoms. The average Bonchev–Trinajstić information content (AvgIpc) is 2.57. The van der Waals surface area contributed by atoms with E-state index >= 15 is 0 Å². The molecule has 0 aliphatic rings. The Balaban J connectivity index is 2.26. The highest BCUT2D eigenvalue weighted by Gasteiger charge is 2.30. The molecule has 2 unspecified atom stereocenters. The van der Waals surface area contributed by atoms with Gasteiger partial charge in [0, 0.05) is 0 Å². The van der Waals surface area contributed by atoms with Crippen LogP contribution in [-0.4, -0.2) is 26.6 Å². The third-order valence-electron chi connectivity index (χ3n) is 3.97. The van der Waals surface area contributed by atoms with Gasteiger partial charge >= 0.3 is 0 Å². The van der Waals surface area contributed by atoms with Crippen LogP contribution in [-0.2, 0) is 14.8 Å². The van der Waals surface area contributed by atoms with Gasteiger partial charge in [0.1, 0.15) is 11.9 Å². The molecule has 0 bridgehead atoms. The van der Waals surface area contributed by atoms with Gasteiger partial charge in [-0.3, -0.25) is 9.10 Å². The van der Waals surface area contributed by atoms with E-state index in [1.165, 1.54) is 37.3 Å². The molecule has 0 heterocycles. The fourth-order valence-corrected chi connectivity index (χ4v) is 4.06. The lowest BCUT2D eigenvalue weighted by Crippen LogP contribution is -2.48. The first-order valence-electron chi connectivity index (χ1n) is 8.01. The van der Waals surface area contributed by atoms with Crippen molar-refractivity contribution in [2.45, 2.75) is 25.9 Å². The second-order valence-electron chi connectivity index (χ2n) is 6.12. The van der Waals surface area contributed by atoms with E-state index in [0.29, 0.717) is 5.56 Å². The first kappa shape index (κ1) is 21.5. The molecule has 1 amide bonds. The number of hydrogen-bond donors (Lipinski definition) is 1. The van der Waals surface area contributed by atoms with Gasteiger partial charge in [-0.1, -0.05) is 35.3 Å². The van der Waals surface area contributed by atoms with Crippen molar-refractivity contribution in [3.63, 3.8) is 0 Å². The minimum Gasteiger partial charge on any atom is -0.348 e. The quantitative estimate of drug-likeness (QED) is 0.744. The van der Waals surface area contributed by atoms with Gasteiger partial charge in [-0.2, -0.15) is 0 Å². The summed E-state index contributed by atoms with van der Waals surface area (Å²) in [6, 6.07) is 8.54. The van der Waals surface area contributed by atoms with Gasteiger partial charge < -0.3 is 5.32 Å². The molecule has 0 saturated carbocycles. The predicted octanol–water partition coefficient (Wildman–Crippen LogP) is 4.16. The molecule has 0 saturated heterocycles. The molecule has 0 aliphatic carbocycles. The molecular weight excluding hydrogens is 414 g/mol. The molecule has 1 N–H and O–H groups in total. The summed E-state index contributed by atoms with van der Waals surface area (Å²) in [5.41, 5.74) is 0.918. The number of halogens is 3. The van der Waals surface area contributed by atoms with E-state index in [-0.39, 0.29) is 21.5 Å². The van der Waals surface area contributed by atoms with Gasteiger partial charge in [-0.25, -0.2) is 12.8 Å². The van der Waals surface area contributed by atoms with Gasteiger partial charge in [-0.05, 0) is 49.7 Å². The second-order valence-corrected chi connectivity index (χ2v) is 8.79. The molecule has 9 heteroatoms. The lowest BCUT2D eigenvalue weighted by atomic mass is 10.1. The molecule has 0 radical (unpaired) electrons. The Bertz CT molecular complexity index is 936. The number of nitrogens with one attached hydrogen (secondary N) is 1. The van der Waals surface area contributed by atoms with Crippen molar-refractivity contribution in [2.24, 2.45) is 0 Å². The molecule has 2 rings (SSSR count). The fourth-order valence-electron chi connectivity index (χ4n) is 2.60. The van der Waals surface area contributed by atoms with Crippen LogP contribution in [0.4, 0.5) is 10.1 Å². The van der Waals surface area contributed by atoms with E-state index in [4.69, 9.17) is 23.2 Å². The molecule has 2 atom stereocenters. The van der Waals surface area contributed by atoms with Crippen LogP contribution in [0.5, 0.6) is 0 Å². The van der Waals surface area contributed by atoms with Crippen molar-refractivity contribution in [1.82, 2.24) is 5.32 Å². The monoisotopic (exact) mass is 432 g/mol. The zero-order chi connectivity index (χ0) is 20.4. The highest BCUT2D eigenvalue weighted by Crippen LogP contribution is 2.29. The van der Waals surface area contributed by atoms with Gasteiger partial charge in [-0.15, -0.1) is 0 Å². The van der Waals surface area contributed by atoms with Crippen molar-refractivity contribution in [3.8, 4) is 0 Å². The van der Waals surface area contributed by atoms with Crippen LogP contribution in [0, 0.1) is 5.82 Å². The molecule has 5 nitrogen and oxygen atoms in total. The Morgan fingerprint density at radius 3 is 2.19 bits per heavy atom. The Morgan fingerprint density at radius 1 is 1.07 bits per heavy atom. The third kappa shape index (κ3) is 5.34. The van der Waals surface area contributed by atoms with Crippen LogP contribution in [0.1, 0.15) is 25.5 Å². The predicted molar refractivity (Wildman–Crippen MR) is 106 cm³/mol. The van der Waals surface area contributed by atoms with Gasteiger partial charge in [0.2, 0.25) is 15.9 Å². The number of nitrogens with zero attached hydrogens (tertiary/aromatic N) is 1. The first-order valence-corrected chi connectivity index (χ1v) is 10.6. The number of anilines is 1. The molecule has 0 aromatic heterocycles. The summed E-state index contributed by atoms with van der Waals surface area (Å²) in [6.07, 6.45) is 1.00. The Morgan fingerprint density at radius 2 is 1.67 bits per heavy atom. The van der Waals surface area contributed by atoms with Crippen LogP contribution in [0.15, 0.2) is 42.5 Å². The van der Waals surface area contributed by atoms with Crippen LogP contribution in [0.25, 0.3) is 0 Å². The number of hydrogen-bond acceptors (Lipinski definition) is 3. The van der Waals surface area contributed by atoms with E-state index in [0.717, 1.165) is 10.6 Å². The van der Waals surface area contributed by atoms with Gasteiger partial charge in [0.15, 0.2) is 0 Å². The summed E-state index contributed by atoms with van der Waals surface area (Å²) in [5.74, 6) is -0.892. The smallest absolute Gasteiger partial charge is 0.244 e. The molecule has 0 fully saturated rings. The SMILES string of the molecule is CC(NC(=O)C(C)N(c1ccc(Cl)c(Cl)c1)S(C)(=O)=O)c1ccc(F)cc1. The number of sulfonamides is 1. The lowest BCUT2D eigenvalue weighted by molar-refractivity contribution is -0.122. The standard InChI is InChI=1S/C18H19Cl2FN2O3S/c1-11(13-4-6-14(21)7-5-13)22-18(24)12(2)23(27(3,25)26)15-8-9-16(19)17(20)10-15/h4-12H,1-3H3,(H,22,24). The van der Waals surface area contributed by atoms with Crippen LogP contribution in [0.2, 0.25) is 10.0 Å². The Hall–Kier alpha value is -1.83. The van der Waals surface area contributed by atoms with Crippen LogP contribution < -0.4 is 9.62 Å². The molecule has 0 spiro atoms. The summed E-state index contributed by atoms with van der Waals surface area (Å²) >= 11 is 11.9. The highest BCUT2D eigenvalue weighted by molar-refractivity contribution is 7.92. The highest BCUT2D eigenvalue weighted by atomic mass is 35.5. The lowest BCUT2D eigenvalue weighted by Gasteiger charge is -2.29. The zero-order valence-corrected chi connectivity index (χ0v) is 17.2. The van der Waals surface area contributed by atoms with E-state index in [2.05, 4.69) is 5.32 Å². The summed E-state index contributed by atoms with van der Waals surface area (Å²) in [6.45, 7) is 3.19. The summed E-state index contributed by atoms with van der Waals surface area (Å²) in [5, 5.41) is 3.19. The van der Waals surface area contributed by atoms with Crippen LogP contribution >= 0.6 is 23.2 Å². The van der Waals surface area contributed by atoms with E-state index in [1.54, 1.807) is 19.1 Å². The largest absolute Gasteiger partial charge is 0.348 e. The van der Waals surface area contributed by atoms with Gasteiger partial charge in [0.25, 0.3) is 0 Å². The number of rotatable bonds is 6. The topological polar surface area (TPSA) is 66.5 Å². The number of carbonyl (C=O) groups is 1. The van der Waals surface area contributed by atoms with Crippen molar-refractivity contribution in [1.29, 1.82) is 0 Å². The Labute approximate surface area is 168 Å². The van der Waals surface area contributed by atoms with Crippen molar-refractivity contribution in [2.75, 3.05) is 10.6 Å². The van der Waals surface area contributed by atoms with E-state index in [1.807, 2.05) is 0 Å². The normalized spacial score (nSPS) is 13.7. The number of benzene rings is 2. The summed E-state index contributed by atoms with van der Waals surface area (Å²) in [4.78, 5) is 12.7. The minimum absolute atomic E-state index is 0.176. The number of carbonyl (C=O) groups excluding carboxylic acids is 1. The van der Waals surface area contributed by atoms with Crippen molar-refractivity contribution in [3.05, 3.63) is 63.9 Å². The molecule has 146 valence electrons. The third-order valence-corrected chi connectivity index (χ3v) is 5.96. The first-order chi connectivity index (χ1) is 12.5. The molecule has 2 aromatic rings. The molecular formula is C18H19Cl2FN2O3S. The van der Waals surface area contributed by atoms with E-state index in [9.17, 15) is 17.6 Å². The maximum atomic E-state index is 13.0. The fraction of sp³-hybridized carbons (Fsp3) is 0.278. The van der Waals surface area contributed by atoms with Crippen LogP contribution in [0.3, 0.4) is 0 Å². The second kappa shape index (κ2) is 8.46. The summed E-state index contributed by atoms with van der Waals surface area (Å²) < 4.78 is 38.6. The molecule has 0 aliphatic heterocycles. The van der Waals surface area contributed by atoms with E-state index < -0.39 is 28.0 Å². The minimum atomic E-state index is -3.78. The average molecular weight is 433 g/mol. The van der Waals surface area contributed by atoms with Gasteiger partial charge in [0.05, 0.1) is 28.0 Å².